The lowest BCUT2D eigenvalue weighted by atomic mass is 10.1. The molecule has 2 rings (SSSR count). The fraction of sp³-hybridized carbons (Fsp3) is 0.500. The smallest absolute Gasteiger partial charge is 0.179 e. The predicted octanol–water partition coefficient (Wildman–Crippen LogP) is 7.04. The molecule has 0 aromatic carbocycles. The Hall–Kier alpha value is -0.560. The lowest BCUT2D eigenvalue weighted by Gasteiger charge is -2.29. The quantitative estimate of drug-likeness (QED) is 0.357. The van der Waals surface area contributed by atoms with Crippen LogP contribution in [0.3, 0.4) is 0 Å². The van der Waals surface area contributed by atoms with E-state index in [0.29, 0.717) is 13.2 Å². The maximum atomic E-state index is 6.08. The van der Waals surface area contributed by atoms with Crippen LogP contribution in [0.2, 0.25) is 0 Å². The van der Waals surface area contributed by atoms with Crippen LogP contribution in [0.15, 0.2) is 29.6 Å². The Labute approximate surface area is 174 Å². The van der Waals surface area contributed by atoms with Gasteiger partial charge in [0.1, 0.15) is 0 Å². The van der Waals surface area contributed by atoms with E-state index in [1.165, 1.54) is 4.88 Å². The van der Waals surface area contributed by atoms with Crippen molar-refractivity contribution in [2.45, 2.75) is 31.9 Å². The molecule has 0 radical (unpaired) electrons. The second kappa shape index (κ2) is 10.7. The zero-order valence-electron chi connectivity index (χ0n) is 16.2. The van der Waals surface area contributed by atoms with Crippen LogP contribution in [0.1, 0.15) is 41.8 Å². The molecule has 0 aliphatic carbocycles. The predicted molar refractivity (Wildman–Crippen MR) is 123 cm³/mol. The number of rotatable bonds is 11. The van der Waals surface area contributed by atoms with Crippen LogP contribution in [-0.4, -0.2) is 31.5 Å². The minimum Gasteiger partial charge on any atom is -0.488 e. The van der Waals surface area contributed by atoms with Gasteiger partial charge >= 0.3 is 0 Å². The summed E-state index contributed by atoms with van der Waals surface area (Å²) in [6, 6.07) is 8.61. The molecule has 2 nitrogen and oxygen atoms in total. The van der Waals surface area contributed by atoms with Crippen molar-refractivity contribution < 1.29 is 9.47 Å². The van der Waals surface area contributed by atoms with Crippen molar-refractivity contribution >= 4 is 57.7 Å². The Bertz CT molecular complexity index is 684. The van der Waals surface area contributed by atoms with Gasteiger partial charge in [0.15, 0.2) is 11.5 Å². The number of hydrogen-bond acceptors (Lipinski definition) is 6. The lowest BCUT2D eigenvalue weighted by Crippen LogP contribution is -2.22. The minimum absolute atomic E-state index is 0.161. The molecule has 6 heteroatoms. The van der Waals surface area contributed by atoms with Crippen LogP contribution < -0.4 is 0 Å². The average molecular weight is 429 g/mol. The maximum Gasteiger partial charge on any atom is 0.179 e. The maximum absolute atomic E-state index is 6.08. The Morgan fingerprint density at radius 3 is 2.19 bits per heavy atom. The first-order valence-electron chi connectivity index (χ1n) is 8.84. The molecule has 26 heavy (non-hydrogen) atoms. The van der Waals surface area contributed by atoms with E-state index in [4.69, 9.17) is 9.47 Å². The molecule has 0 amide bonds. The minimum atomic E-state index is 0.161. The Kier molecular flexibility index (Phi) is 8.94. The van der Waals surface area contributed by atoms with Crippen LogP contribution >= 0.6 is 46.2 Å². The highest BCUT2D eigenvalue weighted by Gasteiger charge is 2.31. The molecule has 144 valence electrons. The van der Waals surface area contributed by atoms with E-state index in [9.17, 15) is 0 Å². The first-order valence-corrected chi connectivity index (χ1v) is 13.2. The Morgan fingerprint density at radius 1 is 1.00 bits per heavy atom. The van der Waals surface area contributed by atoms with E-state index >= 15 is 0 Å². The van der Waals surface area contributed by atoms with E-state index in [-0.39, 0.29) is 4.75 Å². The van der Waals surface area contributed by atoms with Crippen molar-refractivity contribution in [3.63, 3.8) is 0 Å². The molecule has 1 unspecified atom stereocenters. The first kappa shape index (κ1) is 21.7. The van der Waals surface area contributed by atoms with Gasteiger partial charge in [-0.15, -0.1) is 22.7 Å². The summed E-state index contributed by atoms with van der Waals surface area (Å²) in [4.78, 5) is 3.67. The molecule has 2 aromatic heterocycles. The van der Waals surface area contributed by atoms with Crippen LogP contribution in [0, 0.1) is 0 Å². The molecular formula is C20H28O2S4. The molecule has 0 bridgehead atoms. The van der Waals surface area contributed by atoms with Crippen molar-refractivity contribution in [3.8, 4) is 0 Å². The summed E-state index contributed by atoms with van der Waals surface area (Å²) in [5.74, 6) is 2.83. The van der Waals surface area contributed by atoms with Crippen LogP contribution in [0.5, 0.6) is 0 Å². The molecule has 2 heterocycles. The topological polar surface area (TPSA) is 18.5 Å². The normalized spacial score (nSPS) is 14.7. The van der Waals surface area contributed by atoms with Gasteiger partial charge in [-0.3, -0.25) is 0 Å². The molecule has 0 fully saturated rings. The summed E-state index contributed by atoms with van der Waals surface area (Å²) in [6.45, 7) is 7.57. The van der Waals surface area contributed by atoms with Crippen molar-refractivity contribution in [1.29, 1.82) is 0 Å². The highest BCUT2D eigenvalue weighted by molar-refractivity contribution is 8.03. The van der Waals surface area contributed by atoms with Crippen LogP contribution in [0.25, 0.3) is 11.5 Å². The average Bonchev–Trinajstić information content (AvgIpc) is 3.35. The molecule has 0 aliphatic heterocycles. The standard InChI is InChI=1S/C20H28O2S4/c1-6-20(24-5,14-23-4)17-12-11-16(26-17)19(22-8-3)18(21-7-2)15-10-9-13-25-15/h9-13H,6-8,14H2,1-5H3/b19-18+. The SMILES string of the molecule is CCO/C(=C(/OCC)c1ccc(C(CC)(CSC)SC)s1)c1cccs1. The highest BCUT2D eigenvalue weighted by atomic mass is 32.2. The Balaban J connectivity index is 2.51. The van der Waals surface area contributed by atoms with Gasteiger partial charge in [0.05, 0.1) is 27.7 Å². The van der Waals surface area contributed by atoms with E-state index in [1.54, 1.807) is 11.3 Å². The van der Waals surface area contributed by atoms with Crippen molar-refractivity contribution in [1.82, 2.24) is 0 Å². The summed E-state index contributed by atoms with van der Waals surface area (Å²) in [5.41, 5.74) is 0. The summed E-state index contributed by atoms with van der Waals surface area (Å²) in [6.07, 6.45) is 5.52. The van der Waals surface area contributed by atoms with Gasteiger partial charge in [-0.25, -0.2) is 0 Å². The molecular weight excluding hydrogens is 400 g/mol. The van der Waals surface area contributed by atoms with Gasteiger partial charge in [0, 0.05) is 10.6 Å². The van der Waals surface area contributed by atoms with Gasteiger partial charge in [-0.2, -0.15) is 23.5 Å². The molecule has 2 aromatic rings. The van der Waals surface area contributed by atoms with Crippen molar-refractivity contribution in [2.75, 3.05) is 31.5 Å². The summed E-state index contributed by atoms with van der Waals surface area (Å²) in [5, 5.41) is 2.08. The lowest BCUT2D eigenvalue weighted by molar-refractivity contribution is 0.262. The number of ether oxygens (including phenoxy) is 2. The summed E-state index contributed by atoms with van der Waals surface area (Å²) < 4.78 is 12.3. The van der Waals surface area contributed by atoms with E-state index in [0.717, 1.165) is 33.4 Å². The van der Waals surface area contributed by atoms with Crippen molar-refractivity contribution in [2.24, 2.45) is 0 Å². The fourth-order valence-corrected chi connectivity index (χ4v) is 7.33. The van der Waals surface area contributed by atoms with Gasteiger partial charge in [0.2, 0.25) is 0 Å². The summed E-state index contributed by atoms with van der Waals surface area (Å²) >= 11 is 7.39. The number of thioether (sulfide) groups is 2. The number of thiophene rings is 2. The molecule has 0 saturated heterocycles. The molecule has 0 spiro atoms. The molecule has 0 aliphatic rings. The van der Waals surface area contributed by atoms with Gasteiger partial charge in [-0.1, -0.05) is 13.0 Å². The third-order valence-electron chi connectivity index (χ3n) is 4.15. The van der Waals surface area contributed by atoms with Crippen LogP contribution in [0.4, 0.5) is 0 Å². The van der Waals surface area contributed by atoms with Crippen LogP contribution in [-0.2, 0) is 14.2 Å². The fourth-order valence-electron chi connectivity index (χ4n) is 2.78. The highest BCUT2D eigenvalue weighted by Crippen LogP contribution is 2.45. The van der Waals surface area contributed by atoms with Gasteiger partial charge in [0.25, 0.3) is 0 Å². The third kappa shape index (κ3) is 4.83. The zero-order chi connectivity index (χ0) is 19.0. The Morgan fingerprint density at radius 2 is 1.69 bits per heavy atom. The largest absolute Gasteiger partial charge is 0.488 e. The third-order valence-corrected chi connectivity index (χ3v) is 8.83. The second-order valence-corrected chi connectivity index (χ2v) is 9.74. The first-order chi connectivity index (χ1) is 12.7. The van der Waals surface area contributed by atoms with E-state index < -0.39 is 0 Å². The summed E-state index contributed by atoms with van der Waals surface area (Å²) in [7, 11) is 0. The molecule has 0 saturated carbocycles. The van der Waals surface area contributed by atoms with E-state index in [2.05, 4.69) is 49.1 Å². The number of hydrogen-bond donors (Lipinski definition) is 0. The van der Waals surface area contributed by atoms with Gasteiger partial charge in [-0.05, 0) is 56.4 Å². The molecule has 1 atom stereocenters. The second-order valence-electron chi connectivity index (χ2n) is 5.65. The van der Waals surface area contributed by atoms with E-state index in [1.807, 2.05) is 48.7 Å². The zero-order valence-corrected chi connectivity index (χ0v) is 19.4. The van der Waals surface area contributed by atoms with Crippen molar-refractivity contribution in [3.05, 3.63) is 44.3 Å². The van der Waals surface area contributed by atoms with Gasteiger partial charge < -0.3 is 9.47 Å². The molecule has 0 N–H and O–H groups in total. The monoisotopic (exact) mass is 428 g/mol.